The van der Waals surface area contributed by atoms with Crippen LogP contribution in [-0.2, 0) is 0 Å². The minimum atomic E-state index is -0.856. The maximum atomic E-state index is 10.4. The predicted molar refractivity (Wildman–Crippen MR) is 44.4 cm³/mol. The van der Waals surface area contributed by atoms with Crippen LogP contribution in [0.2, 0.25) is 0 Å². The van der Waals surface area contributed by atoms with Crippen LogP contribution in [0.1, 0.15) is 6.92 Å². The van der Waals surface area contributed by atoms with Crippen molar-refractivity contribution in [2.24, 2.45) is 5.92 Å². The molecule has 1 aliphatic rings. The number of carboxylic acid groups (broad SMARTS) is 1. The van der Waals surface area contributed by atoms with Gasteiger partial charge in [0.05, 0.1) is 5.92 Å². The van der Waals surface area contributed by atoms with Crippen LogP contribution < -0.4 is 0 Å². The first kappa shape index (κ1) is 8.41. The summed E-state index contributed by atoms with van der Waals surface area (Å²) in [6, 6.07) is 0.0394. The summed E-state index contributed by atoms with van der Waals surface area (Å²) < 4.78 is 0. The standard InChI is InChI=1S/C7H8BrNO2/c1-5-6(2-3-8)4-9(5)7(10)11/h5-6H,4H2,1H3,(H,10,11)/t5-,6+/m0/s1. The van der Waals surface area contributed by atoms with Crippen molar-refractivity contribution < 1.29 is 9.90 Å². The molecule has 11 heavy (non-hydrogen) atoms. The van der Waals surface area contributed by atoms with Crippen LogP contribution in [0.15, 0.2) is 0 Å². The van der Waals surface area contributed by atoms with Crippen molar-refractivity contribution in [1.82, 2.24) is 4.90 Å². The lowest BCUT2D eigenvalue weighted by molar-refractivity contribution is 0.0568. The third kappa shape index (κ3) is 1.48. The van der Waals surface area contributed by atoms with E-state index in [-0.39, 0.29) is 12.0 Å². The third-order valence-corrected chi connectivity index (χ3v) is 2.18. The van der Waals surface area contributed by atoms with Gasteiger partial charge < -0.3 is 10.0 Å². The summed E-state index contributed by atoms with van der Waals surface area (Å²) in [6.45, 7) is 2.40. The van der Waals surface area contributed by atoms with Gasteiger partial charge in [-0.05, 0) is 11.8 Å². The summed E-state index contributed by atoms with van der Waals surface area (Å²) in [5.74, 6) is 3.08. The molecule has 1 heterocycles. The lowest BCUT2D eigenvalue weighted by atomic mass is 9.92. The Morgan fingerprint density at radius 1 is 1.82 bits per heavy atom. The lowest BCUT2D eigenvalue weighted by Crippen LogP contribution is -2.56. The highest BCUT2D eigenvalue weighted by Gasteiger charge is 2.37. The second-order valence-electron chi connectivity index (χ2n) is 2.52. The minimum absolute atomic E-state index is 0.0394. The molecule has 0 saturated carbocycles. The SMILES string of the molecule is C[C@H]1[C@H](C#CBr)CN1C(=O)O. The summed E-state index contributed by atoms with van der Waals surface area (Å²) in [6.07, 6.45) is -0.856. The first-order valence-corrected chi connectivity index (χ1v) is 4.07. The fourth-order valence-corrected chi connectivity index (χ4v) is 1.39. The first-order valence-electron chi connectivity index (χ1n) is 3.27. The Bertz CT molecular complexity index is 230. The average molecular weight is 218 g/mol. The quantitative estimate of drug-likeness (QED) is 0.623. The van der Waals surface area contributed by atoms with Crippen LogP contribution in [0.5, 0.6) is 0 Å². The molecule has 0 aromatic carbocycles. The highest BCUT2D eigenvalue weighted by molar-refractivity contribution is 9.12. The Morgan fingerprint density at radius 3 is 2.82 bits per heavy atom. The van der Waals surface area contributed by atoms with Gasteiger partial charge in [-0.3, -0.25) is 0 Å². The highest BCUT2D eigenvalue weighted by atomic mass is 79.9. The van der Waals surface area contributed by atoms with Crippen molar-refractivity contribution in [3.63, 3.8) is 0 Å². The minimum Gasteiger partial charge on any atom is -0.465 e. The molecule has 0 spiro atoms. The number of hydrogen-bond acceptors (Lipinski definition) is 1. The highest BCUT2D eigenvalue weighted by Crippen LogP contribution is 2.23. The van der Waals surface area contributed by atoms with Crippen LogP contribution in [0.25, 0.3) is 0 Å². The molecule has 2 atom stereocenters. The van der Waals surface area contributed by atoms with Gasteiger partial charge in [0.1, 0.15) is 0 Å². The summed E-state index contributed by atoms with van der Waals surface area (Å²) in [7, 11) is 0. The van der Waals surface area contributed by atoms with Crippen molar-refractivity contribution >= 4 is 22.0 Å². The molecule has 0 unspecified atom stereocenters. The van der Waals surface area contributed by atoms with Crippen molar-refractivity contribution in [3.05, 3.63) is 0 Å². The van der Waals surface area contributed by atoms with E-state index in [0.29, 0.717) is 6.54 Å². The molecular weight excluding hydrogens is 210 g/mol. The van der Waals surface area contributed by atoms with Crippen LogP contribution in [0.3, 0.4) is 0 Å². The van der Waals surface area contributed by atoms with E-state index in [1.165, 1.54) is 4.90 Å². The van der Waals surface area contributed by atoms with E-state index in [9.17, 15) is 4.79 Å². The largest absolute Gasteiger partial charge is 0.465 e. The second-order valence-corrected chi connectivity index (χ2v) is 2.92. The van der Waals surface area contributed by atoms with Gasteiger partial charge in [-0.1, -0.05) is 5.92 Å². The van der Waals surface area contributed by atoms with E-state index in [1.807, 2.05) is 6.92 Å². The molecule has 0 aliphatic carbocycles. The Kier molecular flexibility index (Phi) is 2.40. The summed E-state index contributed by atoms with van der Waals surface area (Å²) >= 11 is 2.98. The van der Waals surface area contributed by atoms with Gasteiger partial charge in [0.25, 0.3) is 0 Å². The molecule has 1 amide bonds. The molecule has 1 saturated heterocycles. The maximum Gasteiger partial charge on any atom is 0.407 e. The van der Waals surface area contributed by atoms with Crippen LogP contribution in [0, 0.1) is 16.7 Å². The van der Waals surface area contributed by atoms with Crippen molar-refractivity contribution in [2.45, 2.75) is 13.0 Å². The van der Waals surface area contributed by atoms with Gasteiger partial charge in [-0.2, -0.15) is 0 Å². The Balaban J connectivity index is 2.48. The topological polar surface area (TPSA) is 40.5 Å². The maximum absolute atomic E-state index is 10.4. The van der Waals surface area contributed by atoms with E-state index in [4.69, 9.17) is 5.11 Å². The molecule has 4 heteroatoms. The van der Waals surface area contributed by atoms with Gasteiger partial charge in [0.2, 0.25) is 0 Å². The molecule has 60 valence electrons. The van der Waals surface area contributed by atoms with E-state index in [1.54, 1.807) is 0 Å². The number of halogens is 1. The van der Waals surface area contributed by atoms with E-state index < -0.39 is 6.09 Å². The van der Waals surface area contributed by atoms with Gasteiger partial charge in [0, 0.05) is 28.5 Å². The number of rotatable bonds is 0. The molecule has 0 radical (unpaired) electrons. The molecule has 0 aromatic rings. The molecule has 3 nitrogen and oxygen atoms in total. The average Bonchev–Trinajstić information content (AvgIpc) is 1.95. The number of amides is 1. The summed E-state index contributed by atoms with van der Waals surface area (Å²) in [5.41, 5.74) is 0. The van der Waals surface area contributed by atoms with Crippen molar-refractivity contribution in [1.29, 1.82) is 0 Å². The zero-order chi connectivity index (χ0) is 8.43. The molecular formula is C7H8BrNO2. The van der Waals surface area contributed by atoms with Gasteiger partial charge in [0.15, 0.2) is 0 Å². The Hall–Kier alpha value is -0.690. The normalized spacial score (nSPS) is 28.4. The smallest absolute Gasteiger partial charge is 0.407 e. The van der Waals surface area contributed by atoms with E-state index in [2.05, 4.69) is 26.7 Å². The molecule has 0 aromatic heterocycles. The zero-order valence-corrected chi connectivity index (χ0v) is 7.63. The molecule has 1 rings (SSSR count). The number of nitrogens with zero attached hydrogens (tertiary/aromatic N) is 1. The first-order chi connectivity index (χ1) is 5.16. The van der Waals surface area contributed by atoms with Gasteiger partial charge in [-0.15, -0.1) is 0 Å². The van der Waals surface area contributed by atoms with Gasteiger partial charge >= 0.3 is 6.09 Å². The van der Waals surface area contributed by atoms with Crippen LogP contribution >= 0.6 is 15.9 Å². The lowest BCUT2D eigenvalue weighted by Gasteiger charge is -2.41. The number of hydrogen-bond donors (Lipinski definition) is 1. The number of likely N-dealkylation sites (tertiary alicyclic amines) is 1. The predicted octanol–water partition coefficient (Wildman–Crippen LogP) is 1.34. The molecule has 1 aliphatic heterocycles. The second kappa shape index (κ2) is 3.14. The van der Waals surface area contributed by atoms with E-state index >= 15 is 0 Å². The van der Waals surface area contributed by atoms with Crippen LogP contribution in [-0.4, -0.2) is 28.7 Å². The number of carbonyl (C=O) groups is 1. The van der Waals surface area contributed by atoms with Gasteiger partial charge in [-0.25, -0.2) is 4.79 Å². The Labute approximate surface area is 73.5 Å². The molecule has 1 fully saturated rings. The van der Waals surface area contributed by atoms with Crippen molar-refractivity contribution in [2.75, 3.05) is 6.54 Å². The molecule has 0 bridgehead atoms. The zero-order valence-electron chi connectivity index (χ0n) is 6.04. The van der Waals surface area contributed by atoms with Crippen LogP contribution in [0.4, 0.5) is 4.79 Å². The summed E-state index contributed by atoms with van der Waals surface area (Å²) in [5, 5.41) is 8.56. The third-order valence-electron chi connectivity index (χ3n) is 1.95. The Morgan fingerprint density at radius 2 is 2.45 bits per heavy atom. The fourth-order valence-electron chi connectivity index (χ4n) is 1.10. The van der Waals surface area contributed by atoms with Crippen molar-refractivity contribution in [3.8, 4) is 10.8 Å². The molecule has 1 N–H and O–H groups in total. The van der Waals surface area contributed by atoms with E-state index in [0.717, 1.165) is 0 Å². The fraction of sp³-hybridized carbons (Fsp3) is 0.571. The summed E-state index contributed by atoms with van der Waals surface area (Å²) in [4.78, 5) is 14.4. The monoisotopic (exact) mass is 217 g/mol.